The van der Waals surface area contributed by atoms with Gasteiger partial charge in [-0.25, -0.2) is 0 Å². The maximum atomic E-state index is 10.4. The van der Waals surface area contributed by atoms with E-state index < -0.39 is 25.6 Å². The Morgan fingerprint density at radius 2 is 1.40 bits per heavy atom. The smallest absolute Gasteiger partial charge is 0.200 e. The van der Waals surface area contributed by atoms with Gasteiger partial charge in [0.15, 0.2) is 5.60 Å². The van der Waals surface area contributed by atoms with Crippen molar-refractivity contribution in [3.05, 3.63) is 36.4 Å². The van der Waals surface area contributed by atoms with Gasteiger partial charge in [0.25, 0.3) is 0 Å². The van der Waals surface area contributed by atoms with Gasteiger partial charge >= 0.3 is 0 Å². The van der Waals surface area contributed by atoms with Gasteiger partial charge in [-0.1, -0.05) is 63.5 Å². The maximum Gasteiger partial charge on any atom is 0.200 e. The van der Waals surface area contributed by atoms with Gasteiger partial charge in [-0.2, -0.15) is 0 Å². The number of ether oxygens (including phenoxy) is 3. The molecular formula is C28H49BrO5Si. The Balaban J connectivity index is 3.28. The summed E-state index contributed by atoms with van der Waals surface area (Å²) in [5.41, 5.74) is 0.0774. The monoisotopic (exact) mass is 572 g/mol. The first-order chi connectivity index (χ1) is 16.2. The molecule has 1 rings (SSSR count). The molecule has 0 saturated carbocycles. The summed E-state index contributed by atoms with van der Waals surface area (Å²) in [6, 6.07) is 7.44. The average Bonchev–Trinajstić information content (AvgIpc) is 2.77. The fourth-order valence-corrected chi connectivity index (χ4v) is 10.4. The molecule has 202 valence electrons. The van der Waals surface area contributed by atoms with E-state index in [1.165, 1.54) is 0 Å². The van der Waals surface area contributed by atoms with Crippen LogP contribution in [0.2, 0.25) is 16.6 Å². The summed E-state index contributed by atoms with van der Waals surface area (Å²) < 4.78 is 24.9. The van der Waals surface area contributed by atoms with Crippen molar-refractivity contribution < 1.29 is 23.7 Å². The van der Waals surface area contributed by atoms with Crippen LogP contribution in [-0.4, -0.2) is 55.9 Å². The van der Waals surface area contributed by atoms with Crippen LogP contribution in [0.25, 0.3) is 0 Å². The minimum atomic E-state index is -1.99. The lowest BCUT2D eigenvalue weighted by atomic mass is 9.96. The molecule has 5 nitrogen and oxygen atoms in total. The van der Waals surface area contributed by atoms with Crippen molar-refractivity contribution in [1.29, 1.82) is 0 Å². The van der Waals surface area contributed by atoms with Gasteiger partial charge in [-0.3, -0.25) is 0 Å². The minimum Gasteiger partial charge on any atom is -0.497 e. The van der Waals surface area contributed by atoms with Crippen LogP contribution in [0.1, 0.15) is 69.2 Å². The zero-order valence-corrected chi connectivity index (χ0v) is 26.3. The van der Waals surface area contributed by atoms with E-state index in [-0.39, 0.29) is 11.4 Å². The Labute approximate surface area is 223 Å². The van der Waals surface area contributed by atoms with E-state index in [4.69, 9.17) is 18.6 Å². The van der Waals surface area contributed by atoms with E-state index in [0.717, 1.165) is 5.75 Å². The normalized spacial score (nSPS) is 16.7. The number of aliphatic hydroxyl groups excluding tert-OH is 1. The van der Waals surface area contributed by atoms with Gasteiger partial charge in [0, 0.05) is 4.83 Å². The third kappa shape index (κ3) is 8.32. The van der Waals surface area contributed by atoms with Gasteiger partial charge in [0.2, 0.25) is 8.32 Å². The van der Waals surface area contributed by atoms with E-state index in [9.17, 15) is 5.11 Å². The minimum absolute atomic E-state index is 0.0799. The molecule has 1 aromatic carbocycles. The molecule has 1 unspecified atom stereocenters. The summed E-state index contributed by atoms with van der Waals surface area (Å²) in [5.74, 6) is 1.42. The van der Waals surface area contributed by atoms with Crippen molar-refractivity contribution in [2.24, 2.45) is 0 Å². The van der Waals surface area contributed by atoms with Crippen molar-refractivity contribution in [2.75, 3.05) is 20.3 Å². The van der Waals surface area contributed by atoms with Gasteiger partial charge in [0.1, 0.15) is 17.6 Å². The number of hydrogen-bond acceptors (Lipinski definition) is 5. The summed E-state index contributed by atoms with van der Waals surface area (Å²) in [4.78, 5) is 0.0799. The zero-order valence-electron chi connectivity index (χ0n) is 23.7. The summed E-state index contributed by atoms with van der Waals surface area (Å²) in [6.07, 6.45) is 3.40. The van der Waals surface area contributed by atoms with Gasteiger partial charge in [-0.05, 0) is 74.7 Å². The van der Waals surface area contributed by atoms with Gasteiger partial charge in [-0.15, -0.1) is 0 Å². The summed E-state index contributed by atoms with van der Waals surface area (Å²) in [6.45, 7) is 22.0. The highest BCUT2D eigenvalue weighted by Crippen LogP contribution is 2.42. The molecule has 0 aliphatic rings. The lowest BCUT2D eigenvalue weighted by molar-refractivity contribution is -0.146. The van der Waals surface area contributed by atoms with Crippen molar-refractivity contribution in [3.8, 4) is 11.5 Å². The van der Waals surface area contributed by atoms with Crippen LogP contribution in [0.4, 0.5) is 0 Å². The Morgan fingerprint density at radius 3 is 1.80 bits per heavy atom. The number of aliphatic hydroxyl groups is 1. The van der Waals surface area contributed by atoms with Crippen molar-refractivity contribution in [2.45, 2.75) is 108 Å². The highest BCUT2D eigenvalue weighted by molar-refractivity contribution is 9.09. The highest BCUT2D eigenvalue weighted by Gasteiger charge is 2.45. The summed E-state index contributed by atoms with van der Waals surface area (Å²) in [5, 5.41) is 10.4. The Bertz CT molecular complexity index is 754. The first kappa shape index (κ1) is 32.2. The number of benzene rings is 1. The summed E-state index contributed by atoms with van der Waals surface area (Å²) in [7, 11) is -0.354. The lowest BCUT2D eigenvalue weighted by Crippen LogP contribution is -2.52. The Hall–Kier alpha value is -0.863. The molecule has 1 N–H and O–H groups in total. The molecular weight excluding hydrogens is 524 g/mol. The number of halogens is 1. The first-order valence-electron chi connectivity index (χ1n) is 12.7. The van der Waals surface area contributed by atoms with Crippen LogP contribution >= 0.6 is 15.9 Å². The first-order valence-corrected chi connectivity index (χ1v) is 15.8. The quantitative estimate of drug-likeness (QED) is 0.134. The fourth-order valence-electron chi connectivity index (χ4n) is 4.88. The summed E-state index contributed by atoms with van der Waals surface area (Å²) >= 11 is 3.63. The van der Waals surface area contributed by atoms with Crippen molar-refractivity contribution >= 4 is 24.2 Å². The molecule has 0 fully saturated rings. The fraction of sp³-hybridized carbons (Fsp3) is 0.714. The molecule has 0 aliphatic heterocycles. The average molecular weight is 574 g/mol. The van der Waals surface area contributed by atoms with E-state index >= 15 is 0 Å². The molecule has 35 heavy (non-hydrogen) atoms. The molecule has 0 radical (unpaired) electrons. The lowest BCUT2D eigenvalue weighted by Gasteiger charge is -2.42. The third-order valence-electron chi connectivity index (χ3n) is 7.19. The maximum absolute atomic E-state index is 10.4. The molecule has 3 atom stereocenters. The Morgan fingerprint density at radius 1 is 0.914 bits per heavy atom. The van der Waals surface area contributed by atoms with E-state index in [0.29, 0.717) is 29.0 Å². The van der Waals surface area contributed by atoms with Crippen LogP contribution in [0, 0.1) is 0 Å². The molecule has 0 saturated heterocycles. The number of hydrogen-bond donors (Lipinski definition) is 1. The predicted molar refractivity (Wildman–Crippen MR) is 153 cm³/mol. The molecule has 0 heterocycles. The van der Waals surface area contributed by atoms with E-state index in [2.05, 4.69) is 57.5 Å². The largest absolute Gasteiger partial charge is 0.497 e. The predicted octanol–water partition coefficient (Wildman–Crippen LogP) is 7.52. The molecule has 0 aliphatic carbocycles. The number of methoxy groups -OCH3 is 1. The number of alkyl halides is 1. The molecule has 7 heteroatoms. The second-order valence-electron chi connectivity index (χ2n) is 11.0. The van der Waals surface area contributed by atoms with E-state index in [1.807, 2.05) is 64.1 Å². The second kappa shape index (κ2) is 13.6. The van der Waals surface area contributed by atoms with Crippen LogP contribution in [0.15, 0.2) is 36.4 Å². The highest BCUT2D eigenvalue weighted by atomic mass is 79.9. The molecule has 0 bridgehead atoms. The molecule has 0 aromatic heterocycles. The van der Waals surface area contributed by atoms with Crippen LogP contribution in [-0.2, 0) is 9.16 Å². The zero-order chi connectivity index (χ0) is 27.0. The van der Waals surface area contributed by atoms with Crippen molar-refractivity contribution in [1.82, 2.24) is 0 Å². The molecule has 1 aromatic rings. The Kier molecular flexibility index (Phi) is 12.5. The standard InChI is InChI=1S/C28H49BrO5Si/c1-20(2)35(21(3)4,22(5)6)32-18-12-17-28(10,26(19-30)34-27(8,9)23(7)29)33-25-15-13-24(31-11)14-16-25/h12-17,20-23,26,30H,18-19H2,1-11H3/b17-12-/t23?,26-,28-/m0/s1. The number of rotatable bonds is 15. The van der Waals surface area contributed by atoms with Crippen molar-refractivity contribution in [3.63, 3.8) is 0 Å². The van der Waals surface area contributed by atoms with Gasteiger partial charge < -0.3 is 23.7 Å². The van der Waals surface area contributed by atoms with Crippen LogP contribution in [0.5, 0.6) is 11.5 Å². The topological polar surface area (TPSA) is 57.2 Å². The molecule has 0 spiro atoms. The van der Waals surface area contributed by atoms with E-state index in [1.54, 1.807) is 7.11 Å². The third-order valence-corrected chi connectivity index (χ3v) is 14.4. The van der Waals surface area contributed by atoms with Crippen LogP contribution < -0.4 is 9.47 Å². The SMILES string of the molecule is COc1ccc(O[C@@](C)(/C=C\CO[Si](C(C)C)(C(C)C)C(C)C)[C@H](CO)OC(C)(C)C(C)Br)cc1. The van der Waals surface area contributed by atoms with Gasteiger partial charge in [0.05, 0.1) is 25.9 Å². The van der Waals surface area contributed by atoms with Crippen LogP contribution in [0.3, 0.4) is 0 Å². The second-order valence-corrected chi connectivity index (χ2v) is 17.8. The molecule has 0 amide bonds.